The van der Waals surface area contributed by atoms with Gasteiger partial charge >= 0.3 is 11.5 Å². The third-order valence-electron chi connectivity index (χ3n) is 2.93. The molecule has 0 bridgehead atoms. The Bertz CT molecular complexity index is 642. The molecule has 1 heterocycles. The predicted molar refractivity (Wildman–Crippen MR) is 70.9 cm³/mol. The number of hydrogen-bond acceptors (Lipinski definition) is 5. The summed E-state index contributed by atoms with van der Waals surface area (Å²) in [4.78, 5) is 11.4. The van der Waals surface area contributed by atoms with Gasteiger partial charge in [0.1, 0.15) is 0 Å². The lowest BCUT2D eigenvalue weighted by Crippen LogP contribution is -2.36. The zero-order chi connectivity index (χ0) is 16.4. The summed E-state index contributed by atoms with van der Waals surface area (Å²) in [5.74, 6) is -0.695. The van der Waals surface area contributed by atoms with Gasteiger partial charge in [-0.3, -0.25) is 5.32 Å². The van der Waals surface area contributed by atoms with Crippen molar-refractivity contribution in [3.8, 4) is 0 Å². The Morgan fingerprint density at radius 3 is 2.45 bits per heavy atom. The molecule has 0 spiro atoms. The van der Waals surface area contributed by atoms with Crippen molar-refractivity contribution in [2.24, 2.45) is 0 Å². The SMILES string of the molecule is O=C(NCCS(=O)(=O)C(F)(F)F)Nc1ccc(C2CC2)nn1. The van der Waals surface area contributed by atoms with Crippen LogP contribution in [-0.4, -0.2) is 42.5 Å². The van der Waals surface area contributed by atoms with E-state index in [1.54, 1.807) is 6.07 Å². The first-order valence-corrected chi connectivity index (χ1v) is 8.02. The topological polar surface area (TPSA) is 101 Å². The van der Waals surface area contributed by atoms with Gasteiger partial charge in [-0.1, -0.05) is 0 Å². The second-order valence-corrected chi connectivity index (χ2v) is 6.86. The maximum absolute atomic E-state index is 12.1. The third-order valence-corrected chi connectivity index (χ3v) is 4.38. The second kappa shape index (κ2) is 6.07. The van der Waals surface area contributed by atoms with E-state index in [0.29, 0.717) is 5.92 Å². The molecule has 2 N–H and O–H groups in total. The van der Waals surface area contributed by atoms with Crippen molar-refractivity contribution in [2.75, 3.05) is 17.6 Å². The summed E-state index contributed by atoms with van der Waals surface area (Å²) in [7, 11) is -5.24. The standard InChI is InChI=1S/C11H13F3N4O3S/c12-11(13,14)22(20,21)6-5-15-10(19)16-9-4-3-8(17-18-9)7-1-2-7/h3-4,7H,1-2,5-6H2,(H2,15,16,18,19). The Hall–Kier alpha value is -1.91. The van der Waals surface area contributed by atoms with Crippen molar-refractivity contribution < 1.29 is 26.4 Å². The van der Waals surface area contributed by atoms with E-state index in [4.69, 9.17) is 0 Å². The minimum absolute atomic E-state index is 0.126. The molecule has 0 atom stereocenters. The molecule has 0 unspecified atom stereocenters. The molecule has 0 radical (unpaired) electrons. The Kier molecular flexibility index (Phi) is 4.54. The number of rotatable bonds is 5. The van der Waals surface area contributed by atoms with Crippen LogP contribution in [0.15, 0.2) is 12.1 Å². The van der Waals surface area contributed by atoms with Crippen molar-refractivity contribution in [1.82, 2.24) is 15.5 Å². The first-order chi connectivity index (χ1) is 10.2. The maximum Gasteiger partial charge on any atom is 0.497 e. The molecule has 1 aliphatic carbocycles. The molecule has 0 aliphatic heterocycles. The summed E-state index contributed by atoms with van der Waals surface area (Å²) in [5, 5.41) is 11.9. The van der Waals surface area contributed by atoms with Crippen LogP contribution in [0.2, 0.25) is 0 Å². The Morgan fingerprint density at radius 2 is 1.95 bits per heavy atom. The average Bonchev–Trinajstić information content (AvgIpc) is 3.22. The molecule has 22 heavy (non-hydrogen) atoms. The summed E-state index contributed by atoms with van der Waals surface area (Å²) < 4.78 is 57.8. The van der Waals surface area contributed by atoms with Gasteiger partial charge in [-0.2, -0.15) is 18.3 Å². The van der Waals surface area contributed by atoms with E-state index in [9.17, 15) is 26.4 Å². The molecular formula is C11H13F3N4O3S. The lowest BCUT2D eigenvalue weighted by Gasteiger charge is -2.09. The smallest absolute Gasteiger partial charge is 0.337 e. The van der Waals surface area contributed by atoms with Gasteiger partial charge in [0, 0.05) is 12.5 Å². The quantitative estimate of drug-likeness (QED) is 0.845. The van der Waals surface area contributed by atoms with Crippen LogP contribution in [0, 0.1) is 0 Å². The van der Waals surface area contributed by atoms with Crippen LogP contribution in [0.1, 0.15) is 24.5 Å². The number of amides is 2. The largest absolute Gasteiger partial charge is 0.497 e. The highest BCUT2D eigenvalue weighted by Gasteiger charge is 2.44. The summed E-state index contributed by atoms with van der Waals surface area (Å²) in [6.07, 6.45) is 2.10. The van der Waals surface area contributed by atoms with Gasteiger partial charge in [-0.25, -0.2) is 13.2 Å². The van der Waals surface area contributed by atoms with Gasteiger partial charge < -0.3 is 5.32 Å². The summed E-state index contributed by atoms with van der Waals surface area (Å²) in [6, 6.07) is 2.37. The number of hydrogen-bond donors (Lipinski definition) is 2. The first kappa shape index (κ1) is 16.5. The van der Waals surface area contributed by atoms with Crippen molar-refractivity contribution in [3.63, 3.8) is 0 Å². The molecule has 0 saturated heterocycles. The van der Waals surface area contributed by atoms with Gasteiger partial charge in [0.25, 0.3) is 0 Å². The normalized spacial score (nSPS) is 15.4. The first-order valence-electron chi connectivity index (χ1n) is 6.36. The zero-order valence-electron chi connectivity index (χ0n) is 11.2. The molecule has 1 aliphatic rings. The van der Waals surface area contributed by atoms with E-state index in [1.165, 1.54) is 6.07 Å². The molecule has 122 valence electrons. The Balaban J connectivity index is 1.78. The molecule has 11 heteroatoms. The van der Waals surface area contributed by atoms with Gasteiger partial charge in [-0.05, 0) is 25.0 Å². The molecule has 0 aromatic carbocycles. The fraction of sp³-hybridized carbons (Fsp3) is 0.545. The number of nitrogens with zero attached hydrogens (tertiary/aromatic N) is 2. The Morgan fingerprint density at radius 1 is 1.27 bits per heavy atom. The minimum atomic E-state index is -5.32. The number of alkyl halides is 3. The molecule has 1 aromatic heterocycles. The van der Waals surface area contributed by atoms with Crippen molar-refractivity contribution in [3.05, 3.63) is 17.8 Å². The molecule has 1 fully saturated rings. The monoisotopic (exact) mass is 338 g/mol. The number of sulfone groups is 1. The number of carbonyl (C=O) groups is 1. The van der Waals surface area contributed by atoms with E-state index in [0.717, 1.165) is 18.5 Å². The van der Waals surface area contributed by atoms with E-state index in [-0.39, 0.29) is 5.82 Å². The number of urea groups is 1. The maximum atomic E-state index is 12.1. The van der Waals surface area contributed by atoms with Gasteiger partial charge in [-0.15, -0.1) is 5.10 Å². The van der Waals surface area contributed by atoms with Crippen LogP contribution in [-0.2, 0) is 9.84 Å². The fourth-order valence-electron chi connectivity index (χ4n) is 1.58. The summed E-state index contributed by atoms with van der Waals surface area (Å²) in [6.45, 7) is -0.665. The molecule has 2 rings (SSSR count). The van der Waals surface area contributed by atoms with Crippen molar-refractivity contribution >= 4 is 21.7 Å². The third kappa shape index (κ3) is 4.29. The predicted octanol–water partition coefficient (Wildman–Crippen LogP) is 1.41. The fourth-order valence-corrected chi connectivity index (χ4v) is 2.18. The molecule has 1 saturated carbocycles. The molecule has 1 aromatic rings. The number of carbonyl (C=O) groups excluding carboxylic acids is 1. The number of anilines is 1. The van der Waals surface area contributed by atoms with Crippen LogP contribution < -0.4 is 10.6 Å². The van der Waals surface area contributed by atoms with Crippen molar-refractivity contribution in [1.29, 1.82) is 0 Å². The van der Waals surface area contributed by atoms with Crippen LogP contribution in [0.3, 0.4) is 0 Å². The second-order valence-electron chi connectivity index (χ2n) is 4.76. The van der Waals surface area contributed by atoms with Gasteiger partial charge in [0.2, 0.25) is 9.84 Å². The summed E-state index contributed by atoms with van der Waals surface area (Å²) in [5.41, 5.74) is -4.50. The highest BCUT2D eigenvalue weighted by molar-refractivity contribution is 7.92. The summed E-state index contributed by atoms with van der Waals surface area (Å²) >= 11 is 0. The highest BCUT2D eigenvalue weighted by atomic mass is 32.2. The van der Waals surface area contributed by atoms with Crippen LogP contribution in [0.4, 0.5) is 23.8 Å². The van der Waals surface area contributed by atoms with E-state index in [2.05, 4.69) is 15.5 Å². The highest BCUT2D eigenvalue weighted by Crippen LogP contribution is 2.38. The van der Waals surface area contributed by atoms with Gasteiger partial charge in [0.15, 0.2) is 5.82 Å². The van der Waals surface area contributed by atoms with Crippen LogP contribution in [0.25, 0.3) is 0 Å². The van der Waals surface area contributed by atoms with Gasteiger partial charge in [0.05, 0.1) is 11.4 Å². The van der Waals surface area contributed by atoms with E-state index < -0.39 is 33.7 Å². The minimum Gasteiger partial charge on any atom is -0.337 e. The lowest BCUT2D eigenvalue weighted by molar-refractivity contribution is -0.0435. The van der Waals surface area contributed by atoms with E-state index >= 15 is 0 Å². The van der Waals surface area contributed by atoms with E-state index in [1.807, 2.05) is 5.32 Å². The van der Waals surface area contributed by atoms with Crippen molar-refractivity contribution in [2.45, 2.75) is 24.3 Å². The molecular weight excluding hydrogens is 325 g/mol. The lowest BCUT2D eigenvalue weighted by atomic mass is 10.3. The average molecular weight is 338 g/mol. The van der Waals surface area contributed by atoms with Crippen LogP contribution >= 0.6 is 0 Å². The van der Waals surface area contributed by atoms with Crippen LogP contribution in [0.5, 0.6) is 0 Å². The zero-order valence-corrected chi connectivity index (χ0v) is 12.0. The Labute approximate surface area is 124 Å². The molecule has 7 nitrogen and oxygen atoms in total. The number of aromatic nitrogens is 2. The number of halogens is 3. The number of nitrogens with one attached hydrogen (secondary N) is 2. The molecule has 2 amide bonds.